The molecule has 1 aliphatic heterocycles. The fourth-order valence-corrected chi connectivity index (χ4v) is 0.255. The van der Waals surface area contributed by atoms with Crippen LogP contribution in [0, 0.1) is 0 Å². The molecule has 1 heterocycles. The number of hydrazine groups is 1. The fourth-order valence-electron chi connectivity index (χ4n) is 0.255. The summed E-state index contributed by atoms with van der Waals surface area (Å²) in [7, 11) is 0. The van der Waals surface area contributed by atoms with Gasteiger partial charge in [-0.3, -0.25) is 0 Å². The summed E-state index contributed by atoms with van der Waals surface area (Å²) in [5, 5.41) is 0. The summed E-state index contributed by atoms with van der Waals surface area (Å²) in [5.41, 5.74) is 5.41. The van der Waals surface area contributed by atoms with E-state index in [9.17, 15) is 0 Å². The van der Waals surface area contributed by atoms with Crippen LogP contribution in [0.4, 0.5) is 0 Å². The number of hydrogen-bond donors (Lipinski definition) is 2. The van der Waals surface area contributed by atoms with Gasteiger partial charge in [0.05, 0.1) is 1.37 Å². The van der Waals surface area contributed by atoms with Gasteiger partial charge >= 0.3 is 0 Å². The van der Waals surface area contributed by atoms with Gasteiger partial charge in [-0.1, -0.05) is 6.05 Å². The molecule has 1 aliphatic rings. The molecule has 28 valence electrons. The number of rotatable bonds is 0. The standard InChI is InChI=1S/C3H6N2/c1-2-4-5-3-1/h1-2,4-5H,3H2/i1D. The minimum atomic E-state index is 0.606. The maximum Gasteiger partial charge on any atom is 0.0606 e. The third kappa shape index (κ3) is 0.389. The van der Waals surface area contributed by atoms with Crippen LogP contribution >= 0.6 is 0 Å². The molecule has 2 N–H and O–H groups in total. The lowest BCUT2D eigenvalue weighted by molar-refractivity contribution is 0.727. The summed E-state index contributed by atoms with van der Waals surface area (Å²) in [6, 6.07) is 0.606. The molecule has 0 saturated carbocycles. The van der Waals surface area contributed by atoms with E-state index in [1.807, 2.05) is 0 Å². The van der Waals surface area contributed by atoms with Gasteiger partial charge in [0, 0.05) is 12.7 Å². The minimum absolute atomic E-state index is 0.606. The highest BCUT2D eigenvalue weighted by Crippen LogP contribution is 1.67. The first-order valence-corrected chi connectivity index (χ1v) is 1.53. The summed E-state index contributed by atoms with van der Waals surface area (Å²) in [6.45, 7) is 0.653. The normalized spacial score (nSPS) is 24.0. The highest BCUT2D eigenvalue weighted by atomic mass is 15.4. The molecule has 0 bridgehead atoms. The SMILES string of the molecule is [2H]C1=CNNC1. The second-order valence-corrected chi connectivity index (χ2v) is 0.846. The molecule has 2 nitrogen and oxygen atoms in total. The van der Waals surface area contributed by atoms with Crippen LogP contribution in [-0.4, -0.2) is 6.54 Å². The maximum atomic E-state index is 6.87. The average molecular weight is 71.1 g/mol. The number of hydrogen-bond acceptors (Lipinski definition) is 2. The van der Waals surface area contributed by atoms with Crippen LogP contribution in [0.3, 0.4) is 0 Å². The molecule has 0 atom stereocenters. The van der Waals surface area contributed by atoms with Crippen molar-refractivity contribution in [2.45, 2.75) is 0 Å². The van der Waals surface area contributed by atoms with E-state index >= 15 is 0 Å². The predicted molar refractivity (Wildman–Crippen MR) is 20.3 cm³/mol. The van der Waals surface area contributed by atoms with Gasteiger partial charge in [0.2, 0.25) is 0 Å². The second-order valence-electron chi connectivity index (χ2n) is 0.846. The Morgan fingerprint density at radius 2 is 3.00 bits per heavy atom. The quantitative estimate of drug-likeness (QED) is 0.406. The van der Waals surface area contributed by atoms with E-state index in [2.05, 4.69) is 10.9 Å². The van der Waals surface area contributed by atoms with Crippen LogP contribution in [0.15, 0.2) is 12.3 Å². The molecule has 5 heavy (non-hydrogen) atoms. The van der Waals surface area contributed by atoms with E-state index in [-0.39, 0.29) is 0 Å². The minimum Gasteiger partial charge on any atom is -0.329 e. The predicted octanol–water partition coefficient (Wildman–Crippen LogP) is -0.392. The van der Waals surface area contributed by atoms with E-state index < -0.39 is 0 Å². The van der Waals surface area contributed by atoms with E-state index in [1.165, 1.54) is 0 Å². The molecule has 1 rings (SSSR count). The lowest BCUT2D eigenvalue weighted by atomic mass is 10.7. The van der Waals surface area contributed by atoms with Gasteiger partial charge in [0.15, 0.2) is 0 Å². The molecule has 0 saturated heterocycles. The highest BCUT2D eigenvalue weighted by molar-refractivity contribution is 4.85. The lowest BCUT2D eigenvalue weighted by Crippen LogP contribution is -2.19. The second kappa shape index (κ2) is 1.08. The third-order valence-electron chi connectivity index (χ3n) is 0.467. The molecular weight excluding hydrogens is 64.0 g/mol. The van der Waals surface area contributed by atoms with Crippen molar-refractivity contribution in [1.29, 1.82) is 0 Å². The van der Waals surface area contributed by atoms with E-state index in [0.29, 0.717) is 12.6 Å². The Bertz CT molecular complexity index is 78.9. The molecular formula is C3H6N2. The summed E-state index contributed by atoms with van der Waals surface area (Å²) >= 11 is 0. The zero-order valence-electron chi connectivity index (χ0n) is 3.78. The lowest BCUT2D eigenvalue weighted by Gasteiger charge is -1.83. The van der Waals surface area contributed by atoms with Crippen LogP contribution in [0.25, 0.3) is 0 Å². The molecule has 0 aliphatic carbocycles. The van der Waals surface area contributed by atoms with Crippen molar-refractivity contribution in [3.63, 3.8) is 0 Å². The van der Waals surface area contributed by atoms with Crippen LogP contribution in [0.5, 0.6) is 0 Å². The molecule has 0 spiro atoms. The molecule has 0 aromatic heterocycles. The van der Waals surface area contributed by atoms with Crippen LogP contribution < -0.4 is 10.9 Å². The Kier molecular flexibility index (Phi) is 0.394. The van der Waals surface area contributed by atoms with Gasteiger partial charge < -0.3 is 5.43 Å². The van der Waals surface area contributed by atoms with Gasteiger partial charge in [-0.2, -0.15) is 0 Å². The summed E-state index contributed by atoms with van der Waals surface area (Å²) in [6.07, 6.45) is 1.62. The van der Waals surface area contributed by atoms with Crippen molar-refractivity contribution in [2.75, 3.05) is 6.54 Å². The summed E-state index contributed by atoms with van der Waals surface area (Å²) in [5.74, 6) is 0. The third-order valence-corrected chi connectivity index (χ3v) is 0.467. The molecule has 0 fully saturated rings. The summed E-state index contributed by atoms with van der Waals surface area (Å²) in [4.78, 5) is 0. The summed E-state index contributed by atoms with van der Waals surface area (Å²) < 4.78 is 6.87. The van der Waals surface area contributed by atoms with Crippen molar-refractivity contribution >= 4 is 0 Å². The van der Waals surface area contributed by atoms with Gasteiger partial charge in [-0.25, -0.2) is 5.43 Å². The van der Waals surface area contributed by atoms with Crippen molar-refractivity contribution in [3.8, 4) is 0 Å². The van der Waals surface area contributed by atoms with Crippen molar-refractivity contribution in [3.05, 3.63) is 12.3 Å². The first-order chi connectivity index (χ1) is 2.89. The van der Waals surface area contributed by atoms with Crippen molar-refractivity contribution < 1.29 is 1.37 Å². The van der Waals surface area contributed by atoms with Crippen LogP contribution in [0.2, 0.25) is 0 Å². The Morgan fingerprint density at radius 1 is 2.00 bits per heavy atom. The molecule has 0 aromatic rings. The van der Waals surface area contributed by atoms with Crippen molar-refractivity contribution in [1.82, 2.24) is 10.9 Å². The van der Waals surface area contributed by atoms with Gasteiger partial charge in [-0.05, 0) is 0 Å². The zero-order valence-corrected chi connectivity index (χ0v) is 2.78. The smallest absolute Gasteiger partial charge is 0.0606 e. The Labute approximate surface area is 32.2 Å². The van der Waals surface area contributed by atoms with Crippen LogP contribution in [-0.2, 0) is 0 Å². The maximum absolute atomic E-state index is 6.87. The Hall–Kier alpha value is -0.500. The monoisotopic (exact) mass is 71.1 g/mol. The molecule has 0 radical (unpaired) electrons. The molecule has 0 unspecified atom stereocenters. The van der Waals surface area contributed by atoms with E-state index in [4.69, 9.17) is 1.37 Å². The molecule has 0 aromatic carbocycles. The van der Waals surface area contributed by atoms with Crippen LogP contribution in [0.1, 0.15) is 1.37 Å². The first-order valence-electron chi connectivity index (χ1n) is 2.03. The largest absolute Gasteiger partial charge is 0.329 e. The molecule has 0 amide bonds. The van der Waals surface area contributed by atoms with E-state index in [0.717, 1.165) is 0 Å². The Balaban J connectivity index is 2.45. The Morgan fingerprint density at radius 3 is 3.20 bits per heavy atom. The van der Waals surface area contributed by atoms with Gasteiger partial charge in [0.25, 0.3) is 0 Å². The molecule has 2 heteroatoms. The first kappa shape index (κ1) is 1.82. The topological polar surface area (TPSA) is 24.1 Å². The average Bonchev–Trinajstić information content (AvgIpc) is 1.86. The van der Waals surface area contributed by atoms with Crippen molar-refractivity contribution in [2.24, 2.45) is 0 Å². The van der Waals surface area contributed by atoms with Gasteiger partial charge in [0.1, 0.15) is 0 Å². The van der Waals surface area contributed by atoms with E-state index in [1.54, 1.807) is 6.20 Å². The highest BCUT2D eigenvalue weighted by Gasteiger charge is 1.78. The number of nitrogens with one attached hydrogen (secondary N) is 2. The fraction of sp³-hybridized carbons (Fsp3) is 0.333. The zero-order chi connectivity index (χ0) is 4.41. The van der Waals surface area contributed by atoms with Gasteiger partial charge in [-0.15, -0.1) is 0 Å².